The third kappa shape index (κ3) is 3.38. The molecule has 0 amide bonds. The Balaban J connectivity index is 1.69. The summed E-state index contributed by atoms with van der Waals surface area (Å²) in [4.78, 5) is 14.7. The van der Waals surface area contributed by atoms with Crippen molar-refractivity contribution < 1.29 is 4.79 Å². The van der Waals surface area contributed by atoms with Gasteiger partial charge in [-0.3, -0.25) is 4.79 Å². The van der Waals surface area contributed by atoms with E-state index in [1.807, 2.05) is 0 Å². The molecule has 0 bridgehead atoms. The first-order valence-corrected chi connectivity index (χ1v) is 9.21. The first kappa shape index (κ1) is 17.5. The van der Waals surface area contributed by atoms with Gasteiger partial charge in [-0.2, -0.15) is 9.64 Å². The first-order valence-electron chi connectivity index (χ1n) is 7.30. The Morgan fingerprint density at radius 1 is 1.25 bits per heavy atom. The van der Waals surface area contributed by atoms with Crippen LogP contribution in [0.1, 0.15) is 28.8 Å². The molecule has 4 nitrogen and oxygen atoms in total. The number of piperidine rings is 1. The minimum absolute atomic E-state index is 0.0626. The van der Waals surface area contributed by atoms with E-state index in [0.717, 1.165) is 5.00 Å². The fraction of sp³-hybridized carbons (Fsp3) is 0.312. The number of halogens is 3. The van der Waals surface area contributed by atoms with Gasteiger partial charge in [0.2, 0.25) is 0 Å². The van der Waals surface area contributed by atoms with Crippen LogP contribution in [0.15, 0.2) is 18.2 Å². The second-order valence-corrected chi connectivity index (χ2v) is 7.44. The molecule has 3 rings (SSSR count). The normalized spacial score (nSPS) is 15.3. The van der Waals surface area contributed by atoms with Crippen molar-refractivity contribution in [2.75, 3.05) is 18.0 Å². The lowest BCUT2D eigenvalue weighted by Gasteiger charge is -2.31. The van der Waals surface area contributed by atoms with Crippen LogP contribution >= 0.6 is 46.3 Å². The third-order valence-electron chi connectivity index (χ3n) is 4.10. The minimum atomic E-state index is -0.0626. The number of nitrogens with zero attached hydrogens (tertiary/aromatic N) is 3. The molecule has 2 heterocycles. The van der Waals surface area contributed by atoms with Crippen LogP contribution in [0.3, 0.4) is 0 Å². The second-order valence-electron chi connectivity index (χ2n) is 5.52. The molecule has 0 radical (unpaired) electrons. The molecule has 0 N–H and O–H groups in total. The number of anilines is 1. The van der Waals surface area contributed by atoms with Crippen molar-refractivity contribution in [3.8, 4) is 6.07 Å². The molecule has 0 aliphatic carbocycles. The Bertz CT molecular complexity index is 822. The lowest BCUT2D eigenvalue weighted by Crippen LogP contribution is -2.36. The molecule has 1 fully saturated rings. The fourth-order valence-corrected chi connectivity index (χ4v) is 4.18. The number of carbonyl (C=O) groups excluding carboxylic acids is 1. The molecule has 1 aliphatic heterocycles. The van der Waals surface area contributed by atoms with Crippen LogP contribution in [0.25, 0.3) is 0 Å². The summed E-state index contributed by atoms with van der Waals surface area (Å²) >= 11 is 19.0. The summed E-state index contributed by atoms with van der Waals surface area (Å²) in [5.74, 6) is 0.0171. The highest BCUT2D eigenvalue weighted by atomic mass is 35.5. The van der Waals surface area contributed by atoms with Crippen LogP contribution in [0.2, 0.25) is 15.2 Å². The summed E-state index contributed by atoms with van der Waals surface area (Å²) in [7, 11) is 0. The first-order chi connectivity index (χ1) is 11.5. The van der Waals surface area contributed by atoms with Crippen LogP contribution < -0.4 is 4.90 Å². The van der Waals surface area contributed by atoms with E-state index in [4.69, 9.17) is 34.8 Å². The molecule has 1 aromatic carbocycles. The van der Waals surface area contributed by atoms with E-state index in [0.29, 0.717) is 47.1 Å². The Morgan fingerprint density at radius 3 is 2.58 bits per heavy atom. The van der Waals surface area contributed by atoms with Crippen molar-refractivity contribution in [3.63, 3.8) is 0 Å². The van der Waals surface area contributed by atoms with Gasteiger partial charge in [0.25, 0.3) is 0 Å². The van der Waals surface area contributed by atoms with Crippen LogP contribution in [-0.2, 0) is 0 Å². The van der Waals surface area contributed by atoms with Crippen molar-refractivity contribution in [1.82, 2.24) is 4.37 Å². The number of aromatic nitrogens is 1. The molecule has 0 saturated carbocycles. The summed E-state index contributed by atoms with van der Waals surface area (Å²) in [5.41, 5.74) is 0.998. The smallest absolute Gasteiger partial charge is 0.166 e. The van der Waals surface area contributed by atoms with Crippen LogP contribution in [0, 0.1) is 17.2 Å². The Morgan fingerprint density at radius 2 is 1.96 bits per heavy atom. The highest BCUT2D eigenvalue weighted by Gasteiger charge is 2.28. The van der Waals surface area contributed by atoms with Crippen molar-refractivity contribution in [2.45, 2.75) is 12.8 Å². The number of carbonyl (C=O) groups is 1. The van der Waals surface area contributed by atoms with Gasteiger partial charge in [-0.15, -0.1) is 0 Å². The maximum Gasteiger partial charge on any atom is 0.166 e. The lowest BCUT2D eigenvalue weighted by atomic mass is 9.89. The van der Waals surface area contributed by atoms with E-state index in [1.54, 1.807) is 18.2 Å². The number of ketones is 1. The van der Waals surface area contributed by atoms with E-state index in [9.17, 15) is 10.1 Å². The van der Waals surface area contributed by atoms with Crippen molar-refractivity contribution in [3.05, 3.63) is 44.5 Å². The topological polar surface area (TPSA) is 57.0 Å². The molecule has 124 valence electrons. The molecule has 8 heteroatoms. The molecule has 24 heavy (non-hydrogen) atoms. The zero-order valence-corrected chi connectivity index (χ0v) is 15.5. The molecular weight excluding hydrogens is 389 g/mol. The quantitative estimate of drug-likeness (QED) is 0.675. The lowest BCUT2D eigenvalue weighted by molar-refractivity contribution is 0.0900. The van der Waals surface area contributed by atoms with Crippen LogP contribution in [-0.4, -0.2) is 23.2 Å². The zero-order valence-electron chi connectivity index (χ0n) is 12.4. The predicted molar refractivity (Wildman–Crippen MR) is 97.6 cm³/mol. The number of Topliss-reactive ketones (excluding diaryl/α,β-unsaturated/α-hetero) is 1. The zero-order chi connectivity index (χ0) is 17.3. The van der Waals surface area contributed by atoms with Gasteiger partial charge >= 0.3 is 0 Å². The van der Waals surface area contributed by atoms with E-state index in [1.165, 1.54) is 11.5 Å². The molecule has 1 aliphatic rings. The number of hydrogen-bond donors (Lipinski definition) is 0. The van der Waals surface area contributed by atoms with Crippen molar-refractivity contribution >= 4 is 57.1 Å². The van der Waals surface area contributed by atoms with Gasteiger partial charge in [-0.1, -0.05) is 34.8 Å². The summed E-state index contributed by atoms with van der Waals surface area (Å²) < 4.78 is 4.03. The maximum absolute atomic E-state index is 12.6. The summed E-state index contributed by atoms with van der Waals surface area (Å²) in [6, 6.07) is 7.06. The largest absolute Gasteiger partial charge is 0.361 e. The van der Waals surface area contributed by atoms with Gasteiger partial charge in [0.15, 0.2) is 10.9 Å². The number of nitriles is 1. The molecule has 0 unspecified atom stereocenters. The van der Waals surface area contributed by atoms with Gasteiger partial charge in [-0.05, 0) is 42.6 Å². The minimum Gasteiger partial charge on any atom is -0.361 e. The standard InChI is InChI=1S/C16H12Cl3N3OS/c17-12-2-1-10(7-13(12)18)14(23)9-3-5-22(6-4-9)16-11(8-20)15(19)21-24-16/h1-2,7,9H,3-6H2. The Labute approximate surface area is 158 Å². The van der Waals surface area contributed by atoms with Crippen LogP contribution in [0.4, 0.5) is 5.00 Å². The van der Waals surface area contributed by atoms with Gasteiger partial charge in [0.1, 0.15) is 16.6 Å². The van der Waals surface area contributed by atoms with E-state index < -0.39 is 0 Å². The average Bonchev–Trinajstić information content (AvgIpc) is 2.97. The Hall–Kier alpha value is -1.32. The number of rotatable bonds is 3. The maximum atomic E-state index is 12.6. The third-order valence-corrected chi connectivity index (χ3v) is 6.12. The second kappa shape index (κ2) is 7.28. The Kier molecular flexibility index (Phi) is 5.31. The van der Waals surface area contributed by atoms with Gasteiger partial charge in [0, 0.05) is 24.6 Å². The summed E-state index contributed by atoms with van der Waals surface area (Å²) in [5, 5.41) is 11.0. The number of hydrogen-bond acceptors (Lipinski definition) is 5. The summed E-state index contributed by atoms with van der Waals surface area (Å²) in [6.45, 7) is 1.37. The average molecular weight is 401 g/mol. The molecule has 1 aromatic heterocycles. The SMILES string of the molecule is N#Cc1c(Cl)nsc1N1CCC(C(=O)c2ccc(Cl)c(Cl)c2)CC1. The van der Waals surface area contributed by atoms with Crippen molar-refractivity contribution in [1.29, 1.82) is 5.26 Å². The molecule has 2 aromatic rings. The molecule has 0 atom stereocenters. The van der Waals surface area contributed by atoms with Gasteiger partial charge < -0.3 is 4.90 Å². The highest BCUT2D eigenvalue weighted by Crippen LogP contribution is 2.34. The fourth-order valence-electron chi connectivity index (χ4n) is 2.80. The van der Waals surface area contributed by atoms with Crippen LogP contribution in [0.5, 0.6) is 0 Å². The number of benzene rings is 1. The predicted octanol–water partition coefficient (Wildman–Crippen LogP) is 5.07. The monoisotopic (exact) mass is 399 g/mol. The van der Waals surface area contributed by atoms with Crippen molar-refractivity contribution in [2.24, 2.45) is 5.92 Å². The molecule has 0 spiro atoms. The summed E-state index contributed by atoms with van der Waals surface area (Å²) in [6.07, 6.45) is 1.42. The van der Waals surface area contributed by atoms with Gasteiger partial charge in [-0.25, -0.2) is 0 Å². The molecular formula is C16H12Cl3N3OS. The van der Waals surface area contributed by atoms with Gasteiger partial charge in [0.05, 0.1) is 10.0 Å². The highest BCUT2D eigenvalue weighted by molar-refractivity contribution is 7.10. The molecule has 1 saturated heterocycles. The van der Waals surface area contributed by atoms with E-state index in [2.05, 4.69) is 15.3 Å². The van der Waals surface area contributed by atoms with E-state index in [-0.39, 0.29) is 16.9 Å². The van der Waals surface area contributed by atoms with E-state index >= 15 is 0 Å².